The zero-order valence-corrected chi connectivity index (χ0v) is 13.9. The molecule has 23 heavy (non-hydrogen) atoms. The van der Waals surface area contributed by atoms with Gasteiger partial charge in [-0.3, -0.25) is 4.90 Å². The number of quaternary nitrogens is 1. The van der Waals surface area contributed by atoms with E-state index >= 15 is 0 Å². The van der Waals surface area contributed by atoms with Crippen LogP contribution < -0.4 is 20.1 Å². The summed E-state index contributed by atoms with van der Waals surface area (Å²) in [5, 5.41) is 22.3. The third kappa shape index (κ3) is 3.26. The first-order valence-electron chi connectivity index (χ1n) is 8.66. The van der Waals surface area contributed by atoms with Gasteiger partial charge in [-0.25, -0.2) is 4.98 Å². The highest BCUT2D eigenvalue weighted by Gasteiger charge is 2.31. The summed E-state index contributed by atoms with van der Waals surface area (Å²) in [5.74, 6) is 1.94. The molecule has 0 radical (unpaired) electrons. The fraction of sp³-hybridized carbons (Fsp3) is 0.647. The van der Waals surface area contributed by atoms with Crippen molar-refractivity contribution >= 4 is 11.6 Å². The molecule has 2 aliphatic rings. The molecule has 1 atom stereocenters. The summed E-state index contributed by atoms with van der Waals surface area (Å²) in [6.07, 6.45) is 4.57. The maximum absolute atomic E-state index is 9.77. The smallest absolute Gasteiger partial charge is 0.240 e. The van der Waals surface area contributed by atoms with Crippen LogP contribution in [-0.2, 0) is 13.0 Å². The van der Waals surface area contributed by atoms with Crippen LogP contribution in [0.5, 0.6) is 0 Å². The van der Waals surface area contributed by atoms with Crippen LogP contribution in [0.2, 0.25) is 0 Å². The number of hydrogen-bond acceptors (Lipinski definition) is 4. The van der Waals surface area contributed by atoms with E-state index in [1.54, 1.807) is 0 Å². The predicted molar refractivity (Wildman–Crippen MR) is 88.5 cm³/mol. The summed E-state index contributed by atoms with van der Waals surface area (Å²) < 4.78 is 0. The van der Waals surface area contributed by atoms with Crippen molar-refractivity contribution < 1.29 is 15.0 Å². The first kappa shape index (κ1) is 16.0. The summed E-state index contributed by atoms with van der Waals surface area (Å²) in [6.45, 7) is 4.61. The molecule has 0 aliphatic carbocycles. The molecule has 6 heteroatoms. The van der Waals surface area contributed by atoms with Gasteiger partial charge in [0, 0.05) is 6.42 Å². The van der Waals surface area contributed by atoms with Crippen LogP contribution in [-0.4, -0.2) is 44.9 Å². The number of rotatable bonds is 4. The van der Waals surface area contributed by atoms with Gasteiger partial charge < -0.3 is 15.3 Å². The van der Waals surface area contributed by atoms with Crippen LogP contribution in [0, 0.1) is 11.3 Å². The molecule has 2 aliphatic heterocycles. The molecule has 3 heterocycles. The zero-order valence-electron chi connectivity index (χ0n) is 13.9. The monoisotopic (exact) mass is 317 g/mol. The Kier molecular flexibility index (Phi) is 4.99. The van der Waals surface area contributed by atoms with Crippen LogP contribution in [0.4, 0.5) is 11.6 Å². The summed E-state index contributed by atoms with van der Waals surface area (Å²) in [6, 6.07) is 2.46. The highest BCUT2D eigenvalue weighted by atomic mass is 16.3. The van der Waals surface area contributed by atoms with Crippen molar-refractivity contribution in [2.45, 2.75) is 32.2 Å². The van der Waals surface area contributed by atoms with Crippen molar-refractivity contribution in [1.29, 1.82) is 5.26 Å². The van der Waals surface area contributed by atoms with Gasteiger partial charge >= 0.3 is 0 Å². The second-order valence-electron chi connectivity index (χ2n) is 6.62. The Balaban J connectivity index is 2.06. The minimum Gasteiger partial charge on any atom is -0.393 e. The Labute approximate surface area is 137 Å². The second-order valence-corrected chi connectivity index (χ2v) is 6.62. The van der Waals surface area contributed by atoms with Gasteiger partial charge in [-0.1, -0.05) is 0 Å². The van der Waals surface area contributed by atoms with E-state index in [2.05, 4.69) is 28.3 Å². The molecule has 124 valence electrons. The van der Waals surface area contributed by atoms with Crippen molar-refractivity contribution in [3.8, 4) is 6.07 Å². The first-order chi connectivity index (χ1) is 11.2. The van der Waals surface area contributed by atoms with E-state index in [9.17, 15) is 5.26 Å². The standard InChI is InChI=1S/C17H25N5O/c1-21-9-5-13-14(11-18)17(22-7-3-2-4-8-22)20-16(15(13)12-21)19-6-10-23/h23H,2-10,12H2,1H3,(H,19,20)/p+2. The topological polar surface area (TPSA) is 77.9 Å². The highest BCUT2D eigenvalue weighted by molar-refractivity contribution is 5.61. The Hall–Kier alpha value is -1.84. The van der Waals surface area contributed by atoms with Crippen molar-refractivity contribution in [1.82, 2.24) is 0 Å². The number of piperidine rings is 1. The number of aromatic amines is 1. The number of pyridine rings is 1. The van der Waals surface area contributed by atoms with Gasteiger partial charge in [0.05, 0.1) is 45.4 Å². The van der Waals surface area contributed by atoms with E-state index in [1.165, 1.54) is 35.3 Å². The molecule has 1 unspecified atom stereocenters. The lowest BCUT2D eigenvalue weighted by molar-refractivity contribution is -0.895. The molecule has 6 nitrogen and oxygen atoms in total. The average molecular weight is 317 g/mol. The largest absolute Gasteiger partial charge is 0.393 e. The minimum atomic E-state index is 0.102. The van der Waals surface area contributed by atoms with Crippen LogP contribution in [0.1, 0.15) is 36.0 Å². The maximum atomic E-state index is 9.77. The maximum Gasteiger partial charge on any atom is 0.240 e. The Morgan fingerprint density at radius 1 is 1.30 bits per heavy atom. The fourth-order valence-corrected chi connectivity index (χ4v) is 3.71. The molecular weight excluding hydrogens is 290 g/mol. The van der Waals surface area contributed by atoms with Crippen molar-refractivity contribution in [3.63, 3.8) is 0 Å². The minimum absolute atomic E-state index is 0.102. The summed E-state index contributed by atoms with van der Waals surface area (Å²) in [5.41, 5.74) is 3.22. The van der Waals surface area contributed by atoms with E-state index in [1.807, 2.05) is 0 Å². The molecule has 1 saturated heterocycles. The van der Waals surface area contributed by atoms with Crippen LogP contribution >= 0.6 is 0 Å². The molecule has 1 aromatic rings. The van der Waals surface area contributed by atoms with Crippen LogP contribution in [0.25, 0.3) is 0 Å². The normalized spacial score (nSPS) is 20.7. The van der Waals surface area contributed by atoms with Gasteiger partial charge in [0.25, 0.3) is 0 Å². The zero-order chi connectivity index (χ0) is 16.2. The van der Waals surface area contributed by atoms with E-state index in [0.717, 1.165) is 49.8 Å². The van der Waals surface area contributed by atoms with Gasteiger partial charge in [-0.2, -0.15) is 5.26 Å². The van der Waals surface area contributed by atoms with Gasteiger partial charge in [0.15, 0.2) is 0 Å². The quantitative estimate of drug-likeness (QED) is 0.689. The Morgan fingerprint density at radius 2 is 2.09 bits per heavy atom. The lowest BCUT2D eigenvalue weighted by Gasteiger charge is -2.28. The molecule has 0 amide bonds. The SMILES string of the molecule is C[NH+]1CCc2c(C#N)c(N3CCCCC3)[nH+]c(NCCO)c2C1. The van der Waals surface area contributed by atoms with Gasteiger partial charge in [-0.05, 0) is 24.8 Å². The number of anilines is 2. The molecule has 0 bridgehead atoms. The van der Waals surface area contributed by atoms with Crippen LogP contribution in [0.3, 0.4) is 0 Å². The van der Waals surface area contributed by atoms with E-state index in [-0.39, 0.29) is 6.61 Å². The molecule has 0 aromatic carbocycles. The second kappa shape index (κ2) is 7.16. The molecule has 0 spiro atoms. The predicted octanol–water partition coefficient (Wildman–Crippen LogP) is -0.662. The Morgan fingerprint density at radius 3 is 2.78 bits per heavy atom. The summed E-state index contributed by atoms with van der Waals surface area (Å²) in [7, 11) is 2.18. The van der Waals surface area contributed by atoms with E-state index < -0.39 is 0 Å². The molecule has 0 saturated carbocycles. The number of nitrogens with one attached hydrogen (secondary N) is 3. The van der Waals surface area contributed by atoms with Crippen molar-refractivity contribution in [2.24, 2.45) is 0 Å². The fourth-order valence-electron chi connectivity index (χ4n) is 3.71. The number of aliphatic hydroxyl groups excluding tert-OH is 1. The number of likely N-dealkylation sites (N-methyl/N-ethyl adjacent to an activating group) is 1. The molecular formula is C17H27N5O+2. The highest BCUT2D eigenvalue weighted by Crippen LogP contribution is 2.28. The summed E-state index contributed by atoms with van der Waals surface area (Å²) >= 11 is 0. The van der Waals surface area contributed by atoms with Crippen LogP contribution in [0.15, 0.2) is 0 Å². The molecule has 4 N–H and O–H groups in total. The van der Waals surface area contributed by atoms with Gasteiger partial charge in [0.2, 0.25) is 11.6 Å². The lowest BCUT2D eigenvalue weighted by atomic mass is 9.95. The third-order valence-electron chi connectivity index (χ3n) is 4.93. The number of hydrogen-bond donors (Lipinski definition) is 3. The number of aliphatic hydroxyl groups is 1. The first-order valence-corrected chi connectivity index (χ1v) is 8.66. The van der Waals surface area contributed by atoms with E-state index in [0.29, 0.717) is 6.54 Å². The van der Waals surface area contributed by atoms with Crippen molar-refractivity contribution in [3.05, 3.63) is 16.7 Å². The number of H-pyrrole nitrogens is 1. The molecule has 3 rings (SSSR count). The van der Waals surface area contributed by atoms with Crippen molar-refractivity contribution in [2.75, 3.05) is 50.1 Å². The van der Waals surface area contributed by atoms with E-state index in [4.69, 9.17) is 5.11 Å². The Bertz CT molecular complexity index is 604. The average Bonchev–Trinajstić information content (AvgIpc) is 2.59. The molecule has 1 fully saturated rings. The number of aromatic nitrogens is 1. The summed E-state index contributed by atoms with van der Waals surface area (Å²) in [4.78, 5) is 7.25. The third-order valence-corrected chi connectivity index (χ3v) is 4.93. The van der Waals surface area contributed by atoms with Gasteiger partial charge in [-0.15, -0.1) is 0 Å². The lowest BCUT2D eigenvalue weighted by Crippen LogP contribution is -3.08. The number of nitrogens with zero attached hydrogens (tertiary/aromatic N) is 2. The van der Waals surface area contributed by atoms with Gasteiger partial charge in [0.1, 0.15) is 18.2 Å². The number of fused-ring (bicyclic) bond motifs is 1. The number of nitriles is 1. The molecule has 1 aromatic heterocycles.